The van der Waals surface area contributed by atoms with Gasteiger partial charge in [-0.3, -0.25) is 4.68 Å². The highest BCUT2D eigenvalue weighted by Crippen LogP contribution is 2.09. The summed E-state index contributed by atoms with van der Waals surface area (Å²) in [5.74, 6) is 2.25. The van der Waals surface area contributed by atoms with Gasteiger partial charge in [0.1, 0.15) is 5.56 Å². The summed E-state index contributed by atoms with van der Waals surface area (Å²) < 4.78 is 6.65. The minimum absolute atomic E-state index is 0.194. The van der Waals surface area contributed by atoms with Gasteiger partial charge in [0, 0.05) is 26.1 Å². The molecule has 0 aliphatic rings. The normalized spacial score (nSPS) is 11.9. The van der Waals surface area contributed by atoms with Crippen LogP contribution >= 0.6 is 0 Å². The van der Waals surface area contributed by atoms with Gasteiger partial charge in [0.05, 0.1) is 18.5 Å². The van der Waals surface area contributed by atoms with Crippen molar-refractivity contribution in [3.8, 4) is 12.3 Å². The van der Waals surface area contributed by atoms with Crippen LogP contribution in [0.1, 0.15) is 36.3 Å². The molecule has 5 heteroatoms. The number of hydrogen-bond acceptors (Lipinski definition) is 4. The second kappa shape index (κ2) is 6.82. The van der Waals surface area contributed by atoms with Crippen molar-refractivity contribution in [2.24, 2.45) is 7.05 Å². The summed E-state index contributed by atoms with van der Waals surface area (Å²) in [4.78, 5) is 11.7. The van der Waals surface area contributed by atoms with Crippen molar-refractivity contribution in [1.82, 2.24) is 15.1 Å². The standard InChI is InChI=1S/C13H19N3O2/c1-5-7-10(3)14-9-12-11(8-15-16(12)4)13(17)18-6-2/h1,8,10,14H,6-7,9H2,2-4H3. The Morgan fingerprint density at radius 3 is 3.06 bits per heavy atom. The number of nitrogens with one attached hydrogen (secondary N) is 1. The molecule has 1 heterocycles. The van der Waals surface area contributed by atoms with Crippen LogP contribution in [-0.4, -0.2) is 28.4 Å². The monoisotopic (exact) mass is 249 g/mol. The van der Waals surface area contributed by atoms with Crippen LogP contribution < -0.4 is 5.32 Å². The van der Waals surface area contributed by atoms with Crippen molar-refractivity contribution in [3.63, 3.8) is 0 Å². The van der Waals surface area contributed by atoms with Gasteiger partial charge in [0.15, 0.2) is 0 Å². The molecule has 1 rings (SSSR count). The lowest BCUT2D eigenvalue weighted by molar-refractivity contribution is 0.0524. The lowest BCUT2D eigenvalue weighted by atomic mass is 10.2. The Morgan fingerprint density at radius 2 is 2.44 bits per heavy atom. The minimum Gasteiger partial charge on any atom is -0.462 e. The van der Waals surface area contributed by atoms with E-state index in [0.717, 1.165) is 5.69 Å². The summed E-state index contributed by atoms with van der Waals surface area (Å²) in [6.45, 7) is 4.67. The molecule has 0 saturated heterocycles. The quantitative estimate of drug-likeness (QED) is 0.606. The molecule has 0 spiro atoms. The molecule has 18 heavy (non-hydrogen) atoms. The molecule has 1 aromatic rings. The molecule has 0 aromatic carbocycles. The smallest absolute Gasteiger partial charge is 0.341 e. The van der Waals surface area contributed by atoms with Crippen LogP contribution in [0, 0.1) is 12.3 Å². The van der Waals surface area contributed by atoms with E-state index in [0.29, 0.717) is 25.1 Å². The Balaban J connectivity index is 2.73. The number of terminal acetylenes is 1. The zero-order valence-corrected chi connectivity index (χ0v) is 11.1. The molecule has 1 N–H and O–H groups in total. The number of carbonyl (C=O) groups excluding carboxylic acids is 1. The van der Waals surface area contributed by atoms with Crippen LogP contribution in [0.4, 0.5) is 0 Å². The molecule has 0 aliphatic heterocycles. The average molecular weight is 249 g/mol. The Hall–Kier alpha value is -1.80. The van der Waals surface area contributed by atoms with Crippen molar-refractivity contribution in [3.05, 3.63) is 17.5 Å². The number of ether oxygens (including phenoxy) is 1. The SMILES string of the molecule is C#CCC(C)NCc1c(C(=O)OCC)cnn1C. The van der Waals surface area contributed by atoms with Crippen LogP contribution in [0.2, 0.25) is 0 Å². The van der Waals surface area contributed by atoms with Crippen molar-refractivity contribution >= 4 is 5.97 Å². The Morgan fingerprint density at radius 1 is 1.72 bits per heavy atom. The Kier molecular flexibility index (Phi) is 5.40. The molecular weight excluding hydrogens is 230 g/mol. The molecule has 0 fully saturated rings. The maximum absolute atomic E-state index is 11.7. The highest BCUT2D eigenvalue weighted by atomic mass is 16.5. The molecular formula is C13H19N3O2. The van der Waals surface area contributed by atoms with Gasteiger partial charge < -0.3 is 10.1 Å². The molecule has 0 amide bonds. The van der Waals surface area contributed by atoms with Gasteiger partial charge in [-0.25, -0.2) is 4.79 Å². The fraction of sp³-hybridized carbons (Fsp3) is 0.538. The zero-order chi connectivity index (χ0) is 13.5. The van der Waals surface area contributed by atoms with Gasteiger partial charge in [0.2, 0.25) is 0 Å². The summed E-state index contributed by atoms with van der Waals surface area (Å²) in [5.41, 5.74) is 1.30. The van der Waals surface area contributed by atoms with E-state index in [-0.39, 0.29) is 12.0 Å². The first-order chi connectivity index (χ1) is 8.60. The third-order valence-corrected chi connectivity index (χ3v) is 2.60. The van der Waals surface area contributed by atoms with Crippen molar-refractivity contribution in [2.45, 2.75) is 32.9 Å². The second-order valence-electron chi connectivity index (χ2n) is 4.04. The summed E-state index contributed by atoms with van der Waals surface area (Å²) in [6.07, 6.45) is 7.42. The average Bonchev–Trinajstić information content (AvgIpc) is 2.69. The highest BCUT2D eigenvalue weighted by Gasteiger charge is 2.17. The number of aryl methyl sites for hydroxylation is 1. The van der Waals surface area contributed by atoms with E-state index in [4.69, 9.17) is 11.2 Å². The van der Waals surface area contributed by atoms with Gasteiger partial charge in [-0.05, 0) is 13.8 Å². The lowest BCUT2D eigenvalue weighted by Gasteiger charge is -2.12. The molecule has 0 bridgehead atoms. The fourth-order valence-electron chi connectivity index (χ4n) is 1.57. The summed E-state index contributed by atoms with van der Waals surface area (Å²) in [6, 6.07) is 0.194. The van der Waals surface area contributed by atoms with E-state index < -0.39 is 0 Å². The number of aromatic nitrogens is 2. The zero-order valence-electron chi connectivity index (χ0n) is 11.1. The topological polar surface area (TPSA) is 56.1 Å². The number of carbonyl (C=O) groups is 1. The molecule has 0 saturated carbocycles. The van der Waals surface area contributed by atoms with E-state index in [2.05, 4.69) is 16.3 Å². The molecule has 0 aliphatic carbocycles. The first-order valence-corrected chi connectivity index (χ1v) is 5.95. The van der Waals surface area contributed by atoms with E-state index in [1.54, 1.807) is 18.7 Å². The van der Waals surface area contributed by atoms with E-state index in [1.165, 1.54) is 6.20 Å². The first-order valence-electron chi connectivity index (χ1n) is 5.95. The number of hydrogen-bond donors (Lipinski definition) is 1. The molecule has 0 radical (unpaired) electrons. The van der Waals surface area contributed by atoms with E-state index in [1.807, 2.05) is 6.92 Å². The maximum Gasteiger partial charge on any atom is 0.341 e. The summed E-state index contributed by atoms with van der Waals surface area (Å²) in [5, 5.41) is 7.33. The maximum atomic E-state index is 11.7. The third kappa shape index (κ3) is 3.60. The lowest BCUT2D eigenvalue weighted by Crippen LogP contribution is -2.27. The van der Waals surface area contributed by atoms with Crippen LogP contribution in [0.25, 0.3) is 0 Å². The second-order valence-corrected chi connectivity index (χ2v) is 4.04. The first kappa shape index (κ1) is 14.3. The van der Waals surface area contributed by atoms with Crippen LogP contribution in [0.15, 0.2) is 6.20 Å². The summed E-state index contributed by atoms with van der Waals surface area (Å²) >= 11 is 0. The molecule has 1 unspecified atom stereocenters. The molecule has 1 atom stereocenters. The van der Waals surface area contributed by atoms with Crippen LogP contribution in [-0.2, 0) is 18.3 Å². The van der Waals surface area contributed by atoms with Crippen molar-refractivity contribution < 1.29 is 9.53 Å². The Bertz CT molecular complexity index is 446. The van der Waals surface area contributed by atoms with Gasteiger partial charge in [0.25, 0.3) is 0 Å². The summed E-state index contributed by atoms with van der Waals surface area (Å²) in [7, 11) is 1.80. The van der Waals surface area contributed by atoms with Gasteiger partial charge in [-0.2, -0.15) is 5.10 Å². The predicted molar refractivity (Wildman–Crippen MR) is 68.9 cm³/mol. The molecule has 1 aromatic heterocycles. The fourth-order valence-corrected chi connectivity index (χ4v) is 1.57. The molecule has 5 nitrogen and oxygen atoms in total. The van der Waals surface area contributed by atoms with Crippen LogP contribution in [0.5, 0.6) is 0 Å². The van der Waals surface area contributed by atoms with Crippen molar-refractivity contribution in [1.29, 1.82) is 0 Å². The minimum atomic E-state index is -0.341. The third-order valence-electron chi connectivity index (χ3n) is 2.60. The van der Waals surface area contributed by atoms with Gasteiger partial charge in [-0.1, -0.05) is 0 Å². The van der Waals surface area contributed by atoms with Gasteiger partial charge >= 0.3 is 5.97 Å². The highest BCUT2D eigenvalue weighted by molar-refractivity contribution is 5.90. The number of nitrogens with zero attached hydrogens (tertiary/aromatic N) is 2. The van der Waals surface area contributed by atoms with Gasteiger partial charge in [-0.15, -0.1) is 12.3 Å². The largest absolute Gasteiger partial charge is 0.462 e. The van der Waals surface area contributed by atoms with E-state index >= 15 is 0 Å². The number of esters is 1. The number of rotatable bonds is 6. The Labute approximate surface area is 108 Å². The van der Waals surface area contributed by atoms with Crippen molar-refractivity contribution in [2.75, 3.05) is 6.61 Å². The van der Waals surface area contributed by atoms with Crippen LogP contribution in [0.3, 0.4) is 0 Å². The molecule has 98 valence electrons. The predicted octanol–water partition coefficient (Wildman–Crippen LogP) is 1.10. The van der Waals surface area contributed by atoms with E-state index in [9.17, 15) is 4.79 Å².